The van der Waals surface area contributed by atoms with Gasteiger partial charge in [0.15, 0.2) is 0 Å². The number of rotatable bonds is 10. The number of esters is 1. The Labute approximate surface area is 159 Å². The molecule has 0 radical (unpaired) electrons. The monoisotopic (exact) mass is 407 g/mol. The Morgan fingerprint density at radius 1 is 1.28 bits per heavy atom. The van der Waals surface area contributed by atoms with Gasteiger partial charge in [0, 0.05) is 16.6 Å². The van der Waals surface area contributed by atoms with Crippen molar-refractivity contribution < 1.29 is 17.9 Å². The Balaban J connectivity index is 2.83. The van der Waals surface area contributed by atoms with Crippen LogP contribution in [-0.4, -0.2) is 26.2 Å². The molecule has 0 spiro atoms. The molecule has 0 amide bonds. The summed E-state index contributed by atoms with van der Waals surface area (Å²) in [4.78, 5) is 12.0. The average Bonchev–Trinajstić information content (AvgIpc) is 2.57. The largest absolute Gasteiger partial charge is 0.465 e. The van der Waals surface area contributed by atoms with Gasteiger partial charge in [-0.05, 0) is 30.9 Å². The highest BCUT2D eigenvalue weighted by Crippen LogP contribution is 2.37. The lowest BCUT2D eigenvalue weighted by Gasteiger charge is -2.22. The standard InChI is InChI=1S/C17H26ClNO4S2/c1-4-12(11-23-16(20)6-3)10-13(5-2)24-14-8-7-9-15(17(14)18)25(19,21)22/h7-9,12-13H,4-6,10-11H2,1-3H3,(H2,19,21,22). The van der Waals surface area contributed by atoms with Crippen LogP contribution in [0, 0.1) is 5.92 Å². The predicted octanol–water partition coefficient (Wildman–Crippen LogP) is 4.23. The first-order valence-corrected chi connectivity index (χ1v) is 11.2. The Kier molecular flexibility index (Phi) is 9.27. The number of benzene rings is 1. The molecular formula is C17H26ClNO4S2. The van der Waals surface area contributed by atoms with E-state index in [9.17, 15) is 13.2 Å². The number of carbonyl (C=O) groups excluding carboxylic acids is 1. The molecule has 0 saturated carbocycles. The van der Waals surface area contributed by atoms with Gasteiger partial charge in [-0.15, -0.1) is 11.8 Å². The maximum atomic E-state index is 11.6. The Bertz CT molecular complexity index is 679. The van der Waals surface area contributed by atoms with Crippen molar-refractivity contribution in [2.24, 2.45) is 11.1 Å². The van der Waals surface area contributed by atoms with Crippen LogP contribution in [0.4, 0.5) is 0 Å². The lowest BCUT2D eigenvalue weighted by Crippen LogP contribution is -2.18. The first kappa shape index (κ1) is 22.3. The van der Waals surface area contributed by atoms with Gasteiger partial charge in [-0.3, -0.25) is 4.79 Å². The van der Waals surface area contributed by atoms with Crippen LogP contribution in [0.5, 0.6) is 0 Å². The van der Waals surface area contributed by atoms with Gasteiger partial charge in [-0.1, -0.05) is 44.9 Å². The molecule has 1 rings (SSSR count). The molecule has 2 atom stereocenters. The van der Waals surface area contributed by atoms with Crippen molar-refractivity contribution in [1.29, 1.82) is 0 Å². The second-order valence-electron chi connectivity index (χ2n) is 5.81. The second kappa shape index (κ2) is 10.4. The highest BCUT2D eigenvalue weighted by Gasteiger charge is 2.21. The number of nitrogens with two attached hydrogens (primary N) is 1. The van der Waals surface area contributed by atoms with Crippen LogP contribution in [-0.2, 0) is 19.6 Å². The molecule has 0 fully saturated rings. The Hall–Kier alpha value is -0.760. The third-order valence-electron chi connectivity index (χ3n) is 3.93. The van der Waals surface area contributed by atoms with E-state index in [0.29, 0.717) is 17.9 Å². The summed E-state index contributed by atoms with van der Waals surface area (Å²) in [5.41, 5.74) is 0. The predicted molar refractivity (Wildman–Crippen MR) is 102 cm³/mol. The summed E-state index contributed by atoms with van der Waals surface area (Å²) in [5.74, 6) is 0.0659. The summed E-state index contributed by atoms with van der Waals surface area (Å²) in [6, 6.07) is 4.84. The molecule has 0 aliphatic heterocycles. The van der Waals surface area contributed by atoms with Crippen LogP contribution in [0.15, 0.2) is 28.0 Å². The van der Waals surface area contributed by atoms with Crippen molar-refractivity contribution in [3.63, 3.8) is 0 Å². The number of hydrogen-bond acceptors (Lipinski definition) is 5. The van der Waals surface area contributed by atoms with Gasteiger partial charge < -0.3 is 4.74 Å². The van der Waals surface area contributed by atoms with Crippen molar-refractivity contribution in [3.8, 4) is 0 Å². The van der Waals surface area contributed by atoms with E-state index in [1.165, 1.54) is 17.8 Å². The van der Waals surface area contributed by atoms with Crippen molar-refractivity contribution in [2.75, 3.05) is 6.61 Å². The van der Waals surface area contributed by atoms with Crippen LogP contribution in [0.1, 0.15) is 46.5 Å². The van der Waals surface area contributed by atoms with Crippen molar-refractivity contribution >= 4 is 39.4 Å². The number of sulfonamides is 1. The topological polar surface area (TPSA) is 86.5 Å². The number of thioether (sulfide) groups is 1. The summed E-state index contributed by atoms with van der Waals surface area (Å²) in [7, 11) is -3.85. The van der Waals surface area contributed by atoms with Crippen molar-refractivity contribution in [3.05, 3.63) is 23.2 Å². The van der Waals surface area contributed by atoms with Gasteiger partial charge in [0.2, 0.25) is 10.0 Å². The van der Waals surface area contributed by atoms with E-state index >= 15 is 0 Å². The van der Waals surface area contributed by atoms with Gasteiger partial charge in [0.25, 0.3) is 0 Å². The minimum atomic E-state index is -3.85. The molecule has 2 N–H and O–H groups in total. The summed E-state index contributed by atoms with van der Waals surface area (Å²) >= 11 is 7.77. The fraction of sp³-hybridized carbons (Fsp3) is 0.588. The molecule has 5 nitrogen and oxygen atoms in total. The molecule has 0 saturated heterocycles. The molecule has 0 heterocycles. The van der Waals surface area contributed by atoms with Crippen LogP contribution in [0.2, 0.25) is 5.02 Å². The molecule has 1 aromatic rings. The summed E-state index contributed by atoms with van der Waals surface area (Å²) in [5, 5.41) is 5.60. The highest BCUT2D eigenvalue weighted by atomic mass is 35.5. The van der Waals surface area contributed by atoms with E-state index < -0.39 is 10.0 Å². The molecule has 2 unspecified atom stereocenters. The summed E-state index contributed by atoms with van der Waals surface area (Å²) < 4.78 is 28.5. The molecular weight excluding hydrogens is 382 g/mol. The van der Waals surface area contributed by atoms with E-state index in [1.807, 2.05) is 0 Å². The zero-order valence-electron chi connectivity index (χ0n) is 14.8. The van der Waals surface area contributed by atoms with Crippen LogP contribution in [0.25, 0.3) is 0 Å². The quantitative estimate of drug-likeness (QED) is 0.463. The second-order valence-corrected chi connectivity index (χ2v) is 9.06. The zero-order chi connectivity index (χ0) is 19.0. The highest BCUT2D eigenvalue weighted by molar-refractivity contribution is 8.00. The van der Waals surface area contributed by atoms with Gasteiger partial charge in [-0.25, -0.2) is 13.6 Å². The van der Waals surface area contributed by atoms with E-state index in [2.05, 4.69) is 13.8 Å². The normalized spacial score (nSPS) is 14.1. The van der Waals surface area contributed by atoms with Crippen LogP contribution < -0.4 is 5.14 Å². The molecule has 0 aromatic heterocycles. The third-order valence-corrected chi connectivity index (χ3v) is 6.96. The number of ether oxygens (including phenoxy) is 1. The summed E-state index contributed by atoms with van der Waals surface area (Å²) in [6.45, 7) is 6.32. The Morgan fingerprint density at radius 3 is 2.48 bits per heavy atom. The van der Waals surface area contributed by atoms with Crippen LogP contribution in [0.3, 0.4) is 0 Å². The summed E-state index contributed by atoms with van der Waals surface area (Å²) in [6.07, 6.45) is 3.01. The molecule has 25 heavy (non-hydrogen) atoms. The third kappa shape index (κ3) is 7.17. The van der Waals surface area contributed by atoms with Gasteiger partial charge in [-0.2, -0.15) is 0 Å². The first-order valence-electron chi connectivity index (χ1n) is 8.36. The van der Waals surface area contributed by atoms with E-state index in [-0.39, 0.29) is 27.1 Å². The fourth-order valence-electron chi connectivity index (χ4n) is 2.32. The van der Waals surface area contributed by atoms with Crippen molar-refractivity contribution in [2.45, 2.75) is 61.5 Å². The van der Waals surface area contributed by atoms with E-state index in [0.717, 1.165) is 19.3 Å². The van der Waals surface area contributed by atoms with Crippen molar-refractivity contribution in [1.82, 2.24) is 0 Å². The molecule has 0 bridgehead atoms. The molecule has 8 heteroatoms. The molecule has 0 aliphatic rings. The maximum absolute atomic E-state index is 11.6. The molecule has 1 aromatic carbocycles. The fourth-order valence-corrected chi connectivity index (χ4v) is 4.86. The lowest BCUT2D eigenvalue weighted by atomic mass is 10.00. The smallest absolute Gasteiger partial charge is 0.305 e. The zero-order valence-corrected chi connectivity index (χ0v) is 17.2. The minimum absolute atomic E-state index is 0.0575. The van der Waals surface area contributed by atoms with E-state index in [1.54, 1.807) is 19.1 Å². The number of hydrogen-bond donors (Lipinski definition) is 1. The lowest BCUT2D eigenvalue weighted by molar-refractivity contribution is -0.144. The molecule has 142 valence electrons. The van der Waals surface area contributed by atoms with Gasteiger partial charge in [0.1, 0.15) is 4.90 Å². The van der Waals surface area contributed by atoms with Gasteiger partial charge >= 0.3 is 5.97 Å². The Morgan fingerprint density at radius 2 is 1.96 bits per heavy atom. The maximum Gasteiger partial charge on any atom is 0.305 e. The minimum Gasteiger partial charge on any atom is -0.465 e. The number of carbonyl (C=O) groups is 1. The SMILES string of the molecule is CCC(=O)OCC(CC)CC(CC)Sc1cccc(S(N)(=O)=O)c1Cl. The van der Waals surface area contributed by atoms with Gasteiger partial charge in [0.05, 0.1) is 11.6 Å². The van der Waals surface area contributed by atoms with E-state index in [4.69, 9.17) is 21.5 Å². The first-order chi connectivity index (χ1) is 11.7. The molecule has 0 aliphatic carbocycles. The van der Waals surface area contributed by atoms with Crippen LogP contribution >= 0.6 is 23.4 Å². The number of primary sulfonamides is 1. The average molecular weight is 408 g/mol. The number of halogens is 1.